The number of piperazine rings is 1. The van der Waals surface area contributed by atoms with E-state index in [2.05, 4.69) is 19.6 Å². The Balaban J connectivity index is 1.64. The van der Waals surface area contributed by atoms with Gasteiger partial charge in [0.25, 0.3) is 0 Å². The summed E-state index contributed by atoms with van der Waals surface area (Å²) in [6.07, 6.45) is -3.68. The highest BCUT2D eigenvalue weighted by Gasteiger charge is 2.34. The number of nitriles is 1. The van der Waals surface area contributed by atoms with Crippen LogP contribution in [0.2, 0.25) is 0 Å². The van der Waals surface area contributed by atoms with E-state index in [-0.39, 0.29) is 23.3 Å². The van der Waals surface area contributed by atoms with E-state index in [4.69, 9.17) is 0 Å². The summed E-state index contributed by atoms with van der Waals surface area (Å²) in [5.41, 5.74) is 1.06. The molecule has 2 aromatic heterocycles. The van der Waals surface area contributed by atoms with Crippen molar-refractivity contribution in [3.8, 4) is 11.8 Å². The van der Waals surface area contributed by atoms with Gasteiger partial charge in [0, 0.05) is 50.4 Å². The van der Waals surface area contributed by atoms with Crippen molar-refractivity contribution in [3.63, 3.8) is 0 Å². The van der Waals surface area contributed by atoms with E-state index in [0.717, 1.165) is 12.1 Å². The fourth-order valence-electron chi connectivity index (χ4n) is 4.91. The van der Waals surface area contributed by atoms with Crippen LogP contribution in [0.4, 0.5) is 23.4 Å². The largest absolute Gasteiger partial charge is 0.573 e. The van der Waals surface area contributed by atoms with Gasteiger partial charge >= 0.3 is 12.1 Å². The lowest BCUT2D eigenvalue weighted by Crippen LogP contribution is -2.54. The van der Waals surface area contributed by atoms with Crippen LogP contribution in [0.5, 0.6) is 5.75 Å². The van der Waals surface area contributed by atoms with Gasteiger partial charge in [-0.1, -0.05) is 19.9 Å². The average Bonchev–Trinajstić information content (AvgIpc) is 2.86. The molecule has 8 nitrogen and oxygen atoms in total. The maximum Gasteiger partial charge on any atom is 0.573 e. The molecule has 0 spiro atoms. The molecule has 3 aromatic rings. The van der Waals surface area contributed by atoms with Gasteiger partial charge in [-0.2, -0.15) is 10.2 Å². The number of aryl methyl sites for hydroxylation is 1. The van der Waals surface area contributed by atoms with Crippen molar-refractivity contribution in [2.45, 2.75) is 45.1 Å². The van der Waals surface area contributed by atoms with E-state index in [9.17, 15) is 27.6 Å². The molecule has 3 heterocycles. The second-order valence-corrected chi connectivity index (χ2v) is 8.86. The fourth-order valence-corrected chi connectivity index (χ4v) is 4.91. The lowest BCUT2D eigenvalue weighted by molar-refractivity contribution is -0.274. The Bertz CT molecular complexity index is 1400. The van der Waals surface area contributed by atoms with Gasteiger partial charge in [-0.25, -0.2) is 14.2 Å². The van der Waals surface area contributed by atoms with Gasteiger partial charge in [0.05, 0.1) is 5.52 Å². The SMILES string of the molecule is CCC(c1ccc(OC(F)(F)F)cc1F)N1CCN(c2nc(=O)n(C)c3ccc(C#N)nc23)C(CC)C1. The van der Waals surface area contributed by atoms with E-state index in [1.807, 2.05) is 24.8 Å². The van der Waals surface area contributed by atoms with Crippen LogP contribution in [0.1, 0.15) is 44.0 Å². The lowest BCUT2D eigenvalue weighted by Gasteiger charge is -2.45. The van der Waals surface area contributed by atoms with Crippen molar-refractivity contribution in [2.24, 2.45) is 7.05 Å². The number of hydrogen-bond acceptors (Lipinski definition) is 7. The van der Waals surface area contributed by atoms with Crippen LogP contribution in [-0.2, 0) is 7.05 Å². The van der Waals surface area contributed by atoms with Gasteiger partial charge in [0.1, 0.15) is 28.8 Å². The molecule has 0 bridgehead atoms. The van der Waals surface area contributed by atoms with Crippen molar-refractivity contribution in [2.75, 3.05) is 24.5 Å². The Morgan fingerprint density at radius 2 is 1.95 bits per heavy atom. The molecule has 196 valence electrons. The van der Waals surface area contributed by atoms with Crippen LogP contribution >= 0.6 is 0 Å². The molecule has 1 fully saturated rings. The zero-order valence-electron chi connectivity index (χ0n) is 20.6. The Labute approximate surface area is 210 Å². The molecule has 1 aliphatic heterocycles. The minimum Gasteiger partial charge on any atom is -0.406 e. The van der Waals surface area contributed by atoms with Gasteiger partial charge < -0.3 is 9.64 Å². The number of fused-ring (bicyclic) bond motifs is 1. The van der Waals surface area contributed by atoms with Crippen LogP contribution in [0.3, 0.4) is 0 Å². The van der Waals surface area contributed by atoms with Gasteiger partial charge in [-0.05, 0) is 31.0 Å². The first-order chi connectivity index (χ1) is 17.6. The maximum atomic E-state index is 14.9. The van der Waals surface area contributed by atoms with Gasteiger partial charge in [0.15, 0.2) is 5.82 Å². The number of alkyl halides is 3. The maximum absolute atomic E-state index is 14.9. The van der Waals surface area contributed by atoms with E-state index >= 15 is 0 Å². The van der Waals surface area contributed by atoms with Crippen molar-refractivity contribution < 1.29 is 22.3 Å². The van der Waals surface area contributed by atoms with Gasteiger partial charge in [-0.3, -0.25) is 9.47 Å². The third-order valence-electron chi connectivity index (χ3n) is 6.70. The Hall–Kier alpha value is -3.72. The van der Waals surface area contributed by atoms with Crippen molar-refractivity contribution in [3.05, 3.63) is 57.9 Å². The summed E-state index contributed by atoms with van der Waals surface area (Å²) in [4.78, 5) is 25.4. The van der Waals surface area contributed by atoms with E-state index in [1.54, 1.807) is 19.2 Å². The molecule has 1 saturated heterocycles. The molecule has 1 aromatic carbocycles. The van der Waals surface area contributed by atoms with Crippen LogP contribution in [0.25, 0.3) is 11.0 Å². The molecule has 2 unspecified atom stereocenters. The van der Waals surface area contributed by atoms with Crippen LogP contribution in [0.15, 0.2) is 35.1 Å². The highest BCUT2D eigenvalue weighted by atomic mass is 19.4. The molecule has 1 aliphatic rings. The van der Waals surface area contributed by atoms with Crippen molar-refractivity contribution >= 4 is 16.9 Å². The second-order valence-electron chi connectivity index (χ2n) is 8.86. The summed E-state index contributed by atoms with van der Waals surface area (Å²) in [6.45, 7) is 5.33. The smallest absolute Gasteiger partial charge is 0.406 e. The van der Waals surface area contributed by atoms with E-state index < -0.39 is 23.6 Å². The highest BCUT2D eigenvalue weighted by molar-refractivity contribution is 5.86. The monoisotopic (exact) mass is 518 g/mol. The number of aromatic nitrogens is 3. The fraction of sp³-hybridized carbons (Fsp3) is 0.440. The average molecular weight is 519 g/mol. The number of ether oxygens (including phenoxy) is 1. The number of pyridine rings is 1. The zero-order valence-corrected chi connectivity index (χ0v) is 20.6. The molecule has 0 saturated carbocycles. The third-order valence-corrected chi connectivity index (χ3v) is 6.70. The predicted octanol–water partition coefficient (Wildman–Crippen LogP) is 4.29. The van der Waals surface area contributed by atoms with E-state index in [1.165, 1.54) is 10.6 Å². The van der Waals surface area contributed by atoms with Crippen LogP contribution < -0.4 is 15.3 Å². The topological polar surface area (TPSA) is 87.3 Å². The van der Waals surface area contributed by atoms with Crippen molar-refractivity contribution in [1.82, 2.24) is 19.4 Å². The Morgan fingerprint density at radius 3 is 2.57 bits per heavy atom. The summed E-state index contributed by atoms with van der Waals surface area (Å²) < 4.78 is 57.7. The summed E-state index contributed by atoms with van der Waals surface area (Å²) in [5, 5.41) is 9.33. The molecule has 0 N–H and O–H groups in total. The molecular weight excluding hydrogens is 492 g/mol. The molecule has 0 radical (unpaired) electrons. The molecule has 12 heteroatoms. The van der Waals surface area contributed by atoms with Gasteiger partial charge in [0.2, 0.25) is 0 Å². The number of rotatable bonds is 6. The summed E-state index contributed by atoms with van der Waals surface area (Å²) in [7, 11) is 1.59. The number of hydrogen-bond donors (Lipinski definition) is 0. The standard InChI is InChI=1S/C25H26F4N6O2/c1-4-16-14-34(20(5-2)18-8-7-17(12-19(18)26)37-25(27,28)29)10-11-35(16)23-22-21(33(3)24(36)32-23)9-6-15(13-30)31-22/h6-9,12,16,20H,4-5,10-11,14H2,1-3H3. The molecule has 4 rings (SSSR count). The number of anilines is 1. The molecule has 2 atom stereocenters. The van der Waals surface area contributed by atoms with E-state index in [0.29, 0.717) is 49.3 Å². The zero-order chi connectivity index (χ0) is 26.9. The second kappa shape index (κ2) is 10.3. The minimum absolute atomic E-state index is 0.103. The number of benzene rings is 1. The lowest BCUT2D eigenvalue weighted by atomic mass is 9.98. The Morgan fingerprint density at radius 1 is 1.19 bits per heavy atom. The highest BCUT2D eigenvalue weighted by Crippen LogP contribution is 2.34. The van der Waals surface area contributed by atoms with Gasteiger partial charge in [-0.15, -0.1) is 13.2 Å². The number of halogens is 4. The molecule has 0 amide bonds. The first-order valence-electron chi connectivity index (χ1n) is 11.9. The number of nitrogens with zero attached hydrogens (tertiary/aromatic N) is 6. The summed E-state index contributed by atoms with van der Waals surface area (Å²) in [6, 6.07) is 7.98. The third kappa shape index (κ3) is 5.36. The first kappa shape index (κ1) is 26.3. The molecular formula is C25H26F4N6O2. The predicted molar refractivity (Wildman–Crippen MR) is 129 cm³/mol. The first-order valence-corrected chi connectivity index (χ1v) is 11.9. The Kier molecular flexibility index (Phi) is 7.36. The van der Waals surface area contributed by atoms with Crippen LogP contribution in [-0.4, -0.2) is 51.5 Å². The molecule has 0 aliphatic carbocycles. The normalized spacial score (nSPS) is 17.6. The quantitative estimate of drug-likeness (QED) is 0.450. The summed E-state index contributed by atoms with van der Waals surface area (Å²) >= 11 is 0. The summed E-state index contributed by atoms with van der Waals surface area (Å²) in [5.74, 6) is -0.973. The minimum atomic E-state index is -4.90. The molecule has 37 heavy (non-hydrogen) atoms. The van der Waals surface area contributed by atoms with Crippen molar-refractivity contribution in [1.29, 1.82) is 5.26 Å². The van der Waals surface area contributed by atoms with Crippen LogP contribution in [0, 0.1) is 17.1 Å².